The van der Waals surface area contributed by atoms with Crippen LogP contribution in [-0.2, 0) is 6.54 Å². The summed E-state index contributed by atoms with van der Waals surface area (Å²) in [5.41, 5.74) is 0.913. The Kier molecular flexibility index (Phi) is 5.14. The number of ether oxygens (including phenoxy) is 1. The van der Waals surface area contributed by atoms with Crippen molar-refractivity contribution in [3.63, 3.8) is 0 Å². The quantitative estimate of drug-likeness (QED) is 0.643. The lowest BCUT2D eigenvalue weighted by Gasteiger charge is -2.19. The average molecular weight is 294 g/mol. The van der Waals surface area contributed by atoms with E-state index in [2.05, 4.69) is 4.90 Å². The number of hydrogen-bond acceptors (Lipinski definition) is 5. The van der Waals surface area contributed by atoms with E-state index in [1.54, 1.807) is 12.1 Å². The number of hydrogen-bond donors (Lipinski definition) is 1. The van der Waals surface area contributed by atoms with Gasteiger partial charge in [-0.3, -0.25) is 15.0 Å². The van der Waals surface area contributed by atoms with Crippen molar-refractivity contribution in [2.24, 2.45) is 5.92 Å². The van der Waals surface area contributed by atoms with E-state index in [4.69, 9.17) is 4.74 Å². The van der Waals surface area contributed by atoms with Gasteiger partial charge >= 0.3 is 0 Å². The minimum atomic E-state index is -0.386. The molecule has 6 nitrogen and oxygen atoms in total. The van der Waals surface area contributed by atoms with Crippen LogP contribution in [0.4, 0.5) is 5.69 Å². The van der Waals surface area contributed by atoms with Gasteiger partial charge in [0, 0.05) is 37.4 Å². The van der Waals surface area contributed by atoms with Crippen molar-refractivity contribution in [2.75, 3.05) is 19.7 Å². The lowest BCUT2D eigenvalue weighted by atomic mass is 10.1. The van der Waals surface area contributed by atoms with Crippen molar-refractivity contribution in [3.05, 3.63) is 33.9 Å². The molecule has 1 aliphatic rings. The average Bonchev–Trinajstić information content (AvgIpc) is 2.87. The first-order chi connectivity index (χ1) is 9.99. The summed E-state index contributed by atoms with van der Waals surface area (Å²) in [7, 11) is 0. The molecule has 1 aromatic carbocycles. The van der Waals surface area contributed by atoms with Crippen molar-refractivity contribution < 1.29 is 14.8 Å². The first-order valence-corrected chi connectivity index (χ1v) is 7.26. The molecule has 116 valence electrons. The largest absolute Gasteiger partial charge is 0.491 e. The zero-order valence-electron chi connectivity index (χ0n) is 12.5. The summed E-state index contributed by atoms with van der Waals surface area (Å²) in [5.74, 6) is 1.00. The first kappa shape index (κ1) is 15.7. The summed E-state index contributed by atoms with van der Waals surface area (Å²) in [6.07, 6.45) is 0.986. The predicted molar refractivity (Wildman–Crippen MR) is 79.3 cm³/mol. The number of nitrogens with zero attached hydrogens (tertiary/aromatic N) is 2. The Morgan fingerprint density at radius 2 is 2.29 bits per heavy atom. The molecular formula is C15H22N2O4. The highest BCUT2D eigenvalue weighted by molar-refractivity contribution is 5.44. The Bertz CT molecular complexity index is 504. The number of rotatable bonds is 6. The molecule has 0 aromatic heterocycles. The second-order valence-corrected chi connectivity index (χ2v) is 5.79. The minimum absolute atomic E-state index is 0.0222. The highest BCUT2D eigenvalue weighted by atomic mass is 16.6. The van der Waals surface area contributed by atoms with E-state index < -0.39 is 0 Å². The highest BCUT2D eigenvalue weighted by Gasteiger charge is 2.23. The van der Waals surface area contributed by atoms with Gasteiger partial charge in [-0.15, -0.1) is 0 Å². The van der Waals surface area contributed by atoms with E-state index in [1.165, 1.54) is 6.07 Å². The molecule has 1 fully saturated rings. The van der Waals surface area contributed by atoms with Crippen LogP contribution in [0.5, 0.6) is 5.75 Å². The number of non-ortho nitro benzene ring substituents is 1. The molecule has 2 rings (SSSR count). The fourth-order valence-corrected chi connectivity index (χ4v) is 2.62. The SMILES string of the molecule is CC(C)Oc1ccc([N+](=O)[O-])cc1CN1CCC(CO)C1. The number of benzene rings is 1. The van der Waals surface area contributed by atoms with E-state index in [1.807, 2.05) is 13.8 Å². The molecule has 0 saturated carbocycles. The lowest BCUT2D eigenvalue weighted by Crippen LogP contribution is -2.22. The summed E-state index contributed by atoms with van der Waals surface area (Å²) in [6, 6.07) is 4.73. The van der Waals surface area contributed by atoms with Gasteiger partial charge in [-0.1, -0.05) is 0 Å². The fraction of sp³-hybridized carbons (Fsp3) is 0.600. The smallest absolute Gasteiger partial charge is 0.270 e. The first-order valence-electron chi connectivity index (χ1n) is 7.26. The number of aliphatic hydroxyl groups is 1. The van der Waals surface area contributed by atoms with Gasteiger partial charge in [0.2, 0.25) is 0 Å². The van der Waals surface area contributed by atoms with Crippen LogP contribution in [-0.4, -0.2) is 40.7 Å². The topological polar surface area (TPSA) is 75.8 Å². The van der Waals surface area contributed by atoms with Crippen LogP contribution in [0.25, 0.3) is 0 Å². The van der Waals surface area contributed by atoms with Crippen LogP contribution in [0.3, 0.4) is 0 Å². The van der Waals surface area contributed by atoms with E-state index >= 15 is 0 Å². The van der Waals surface area contributed by atoms with Gasteiger partial charge in [-0.25, -0.2) is 0 Å². The lowest BCUT2D eigenvalue weighted by molar-refractivity contribution is -0.385. The van der Waals surface area contributed by atoms with E-state index in [0.717, 1.165) is 25.1 Å². The van der Waals surface area contributed by atoms with Gasteiger partial charge in [-0.2, -0.15) is 0 Å². The van der Waals surface area contributed by atoms with Crippen LogP contribution < -0.4 is 4.74 Å². The Morgan fingerprint density at radius 1 is 1.52 bits per heavy atom. The molecule has 1 unspecified atom stereocenters. The Morgan fingerprint density at radius 3 is 2.86 bits per heavy atom. The van der Waals surface area contributed by atoms with Crippen molar-refractivity contribution >= 4 is 5.69 Å². The van der Waals surface area contributed by atoms with Gasteiger partial charge in [-0.05, 0) is 38.8 Å². The Hall–Kier alpha value is -1.66. The molecule has 1 aromatic rings. The minimum Gasteiger partial charge on any atom is -0.491 e. The number of aliphatic hydroxyl groups excluding tert-OH is 1. The summed E-state index contributed by atoms with van der Waals surface area (Å²) in [4.78, 5) is 12.8. The standard InChI is InChI=1S/C15H22N2O4/c1-11(2)21-15-4-3-14(17(19)20)7-13(15)9-16-6-5-12(8-16)10-18/h3-4,7,11-12,18H,5-6,8-10H2,1-2H3. The molecule has 21 heavy (non-hydrogen) atoms. The molecule has 1 heterocycles. The third-order valence-corrected chi connectivity index (χ3v) is 3.64. The zero-order valence-corrected chi connectivity index (χ0v) is 12.5. The molecule has 0 bridgehead atoms. The van der Waals surface area contributed by atoms with Crippen molar-refractivity contribution in [1.82, 2.24) is 4.90 Å². The number of nitro benzene ring substituents is 1. The van der Waals surface area contributed by atoms with Crippen molar-refractivity contribution in [1.29, 1.82) is 0 Å². The summed E-state index contributed by atoms with van der Waals surface area (Å²) in [5, 5.41) is 20.1. The summed E-state index contributed by atoms with van der Waals surface area (Å²) in [6.45, 7) is 6.39. The molecule has 6 heteroatoms. The van der Waals surface area contributed by atoms with Crippen LogP contribution >= 0.6 is 0 Å². The Labute approximate surface area is 124 Å². The fourth-order valence-electron chi connectivity index (χ4n) is 2.62. The third-order valence-electron chi connectivity index (χ3n) is 3.64. The number of nitro groups is 1. The highest BCUT2D eigenvalue weighted by Crippen LogP contribution is 2.28. The normalized spacial score (nSPS) is 19.1. The van der Waals surface area contributed by atoms with Crippen molar-refractivity contribution in [2.45, 2.75) is 32.9 Å². The monoisotopic (exact) mass is 294 g/mol. The van der Waals surface area contributed by atoms with Crippen LogP contribution in [0.2, 0.25) is 0 Å². The number of likely N-dealkylation sites (tertiary alicyclic amines) is 1. The molecule has 1 atom stereocenters. The maximum Gasteiger partial charge on any atom is 0.270 e. The molecule has 1 saturated heterocycles. The molecule has 0 spiro atoms. The van der Waals surface area contributed by atoms with Gasteiger partial charge in [0.1, 0.15) is 5.75 Å². The molecule has 1 N–H and O–H groups in total. The van der Waals surface area contributed by atoms with E-state index in [-0.39, 0.29) is 23.3 Å². The van der Waals surface area contributed by atoms with Gasteiger partial charge in [0.25, 0.3) is 5.69 Å². The summed E-state index contributed by atoms with van der Waals surface area (Å²) >= 11 is 0. The zero-order chi connectivity index (χ0) is 15.4. The molecule has 0 amide bonds. The van der Waals surface area contributed by atoms with E-state index in [0.29, 0.717) is 18.2 Å². The van der Waals surface area contributed by atoms with Crippen LogP contribution in [0.1, 0.15) is 25.8 Å². The second kappa shape index (κ2) is 6.87. The van der Waals surface area contributed by atoms with Crippen LogP contribution in [0, 0.1) is 16.0 Å². The molecular weight excluding hydrogens is 272 g/mol. The van der Waals surface area contributed by atoms with E-state index in [9.17, 15) is 15.2 Å². The molecule has 1 aliphatic heterocycles. The molecule has 0 radical (unpaired) electrons. The molecule has 0 aliphatic carbocycles. The maximum absolute atomic E-state index is 10.9. The van der Waals surface area contributed by atoms with Crippen molar-refractivity contribution in [3.8, 4) is 5.75 Å². The second-order valence-electron chi connectivity index (χ2n) is 5.79. The third kappa shape index (κ3) is 4.15. The Balaban J connectivity index is 2.17. The van der Waals surface area contributed by atoms with Crippen LogP contribution in [0.15, 0.2) is 18.2 Å². The van der Waals surface area contributed by atoms with Gasteiger partial charge < -0.3 is 9.84 Å². The predicted octanol–water partition coefficient (Wildman–Crippen LogP) is 2.20. The van der Waals surface area contributed by atoms with Gasteiger partial charge in [0.15, 0.2) is 0 Å². The summed E-state index contributed by atoms with van der Waals surface area (Å²) < 4.78 is 5.74. The van der Waals surface area contributed by atoms with Gasteiger partial charge in [0.05, 0.1) is 11.0 Å². The maximum atomic E-state index is 10.9.